The zero-order valence-corrected chi connectivity index (χ0v) is 13.5. The average molecular weight is 310 g/mol. The van der Waals surface area contributed by atoms with Crippen LogP contribution < -0.4 is 5.32 Å². The molecule has 0 aliphatic heterocycles. The number of H-pyrrole nitrogens is 1. The van der Waals surface area contributed by atoms with Gasteiger partial charge in [0.25, 0.3) is 0 Å². The molecule has 1 atom stereocenters. The minimum atomic E-state index is -0.167. The van der Waals surface area contributed by atoms with Gasteiger partial charge in [-0.2, -0.15) is 0 Å². The highest BCUT2D eigenvalue weighted by Gasteiger charge is 2.07. The number of benzene rings is 2. The lowest BCUT2D eigenvalue weighted by atomic mass is 10.1. The van der Waals surface area contributed by atoms with Crippen molar-refractivity contribution in [1.82, 2.24) is 10.3 Å². The quantitative estimate of drug-likeness (QED) is 0.620. The van der Waals surface area contributed by atoms with Crippen molar-refractivity contribution in [1.29, 1.82) is 0 Å². The highest BCUT2D eigenvalue weighted by molar-refractivity contribution is 5.83. The monoisotopic (exact) mass is 310 g/mol. The zero-order valence-electron chi connectivity index (χ0n) is 13.5. The Kier molecular flexibility index (Phi) is 5.09. The minimum Gasteiger partial charge on any atom is -0.361 e. The molecular formula is C20H23FN2. The molecule has 23 heavy (non-hydrogen) atoms. The Balaban J connectivity index is 1.44. The number of aromatic amines is 1. The summed E-state index contributed by atoms with van der Waals surface area (Å²) in [6.45, 7) is 3.20. The van der Waals surface area contributed by atoms with Gasteiger partial charge in [0.15, 0.2) is 0 Å². The van der Waals surface area contributed by atoms with Gasteiger partial charge in [0.2, 0.25) is 0 Å². The fraction of sp³-hybridized carbons (Fsp3) is 0.300. The molecule has 3 rings (SSSR count). The van der Waals surface area contributed by atoms with Gasteiger partial charge in [-0.3, -0.25) is 0 Å². The van der Waals surface area contributed by atoms with E-state index in [1.807, 2.05) is 12.1 Å². The Bertz CT molecular complexity index is 746. The Morgan fingerprint density at radius 1 is 1.09 bits per heavy atom. The van der Waals surface area contributed by atoms with E-state index in [1.54, 1.807) is 0 Å². The molecule has 2 N–H and O–H groups in total. The number of halogens is 1. The van der Waals surface area contributed by atoms with Crippen LogP contribution in [0.4, 0.5) is 4.39 Å². The Hall–Kier alpha value is -2.13. The summed E-state index contributed by atoms with van der Waals surface area (Å²) in [6, 6.07) is 15.6. The number of rotatable bonds is 7. The Morgan fingerprint density at radius 2 is 1.87 bits per heavy atom. The second-order valence-corrected chi connectivity index (χ2v) is 6.15. The summed E-state index contributed by atoms with van der Waals surface area (Å²) >= 11 is 0. The molecule has 3 heteroatoms. The van der Waals surface area contributed by atoms with Crippen molar-refractivity contribution in [2.75, 3.05) is 6.54 Å². The molecule has 0 amide bonds. The van der Waals surface area contributed by atoms with Crippen molar-refractivity contribution in [2.45, 2.75) is 32.2 Å². The van der Waals surface area contributed by atoms with Gasteiger partial charge < -0.3 is 10.3 Å². The van der Waals surface area contributed by atoms with Crippen LogP contribution in [0.3, 0.4) is 0 Å². The zero-order chi connectivity index (χ0) is 16.1. The topological polar surface area (TPSA) is 27.8 Å². The molecule has 1 heterocycles. The first kappa shape index (κ1) is 15.8. The predicted molar refractivity (Wildman–Crippen MR) is 94.2 cm³/mol. The molecule has 120 valence electrons. The van der Waals surface area contributed by atoms with Crippen molar-refractivity contribution in [3.05, 3.63) is 71.7 Å². The van der Waals surface area contributed by atoms with Gasteiger partial charge in [0.1, 0.15) is 5.82 Å². The standard InChI is InChI=1S/C20H23FN2/c1-15(13-17-14-23-20-7-3-2-6-19(17)20)22-12-4-5-16-8-10-18(21)11-9-16/h2-3,6-11,14-15,22-23H,4-5,12-13H2,1H3. The first-order valence-electron chi connectivity index (χ1n) is 8.25. The molecule has 2 nitrogen and oxygen atoms in total. The van der Waals surface area contributed by atoms with E-state index < -0.39 is 0 Å². The van der Waals surface area contributed by atoms with Crippen molar-refractivity contribution in [3.8, 4) is 0 Å². The van der Waals surface area contributed by atoms with E-state index in [0.29, 0.717) is 6.04 Å². The highest BCUT2D eigenvalue weighted by atomic mass is 19.1. The fourth-order valence-corrected chi connectivity index (χ4v) is 2.99. The first-order chi connectivity index (χ1) is 11.2. The molecule has 0 radical (unpaired) electrons. The van der Waals surface area contributed by atoms with E-state index in [-0.39, 0.29) is 5.82 Å². The summed E-state index contributed by atoms with van der Waals surface area (Å²) in [5, 5.41) is 4.89. The van der Waals surface area contributed by atoms with Crippen LogP contribution in [-0.2, 0) is 12.8 Å². The summed E-state index contributed by atoms with van der Waals surface area (Å²) in [5.41, 5.74) is 3.75. The number of hydrogen-bond donors (Lipinski definition) is 2. The average Bonchev–Trinajstić information content (AvgIpc) is 2.96. The molecule has 2 aromatic carbocycles. The van der Waals surface area contributed by atoms with E-state index in [2.05, 4.69) is 47.7 Å². The van der Waals surface area contributed by atoms with Crippen molar-refractivity contribution in [2.24, 2.45) is 0 Å². The summed E-state index contributed by atoms with van der Waals surface area (Å²) < 4.78 is 12.9. The number of para-hydroxylation sites is 1. The van der Waals surface area contributed by atoms with E-state index in [0.717, 1.165) is 25.8 Å². The predicted octanol–water partition coefficient (Wildman–Crippen LogP) is 4.46. The molecule has 0 bridgehead atoms. The Labute approximate surface area is 136 Å². The maximum atomic E-state index is 12.9. The number of hydrogen-bond acceptors (Lipinski definition) is 1. The molecule has 1 unspecified atom stereocenters. The van der Waals surface area contributed by atoms with Gasteiger partial charge in [0, 0.05) is 23.1 Å². The van der Waals surface area contributed by atoms with Crippen LogP contribution in [-0.4, -0.2) is 17.6 Å². The second-order valence-electron chi connectivity index (χ2n) is 6.15. The molecular weight excluding hydrogens is 287 g/mol. The van der Waals surface area contributed by atoms with Gasteiger partial charge in [-0.1, -0.05) is 30.3 Å². The number of nitrogens with one attached hydrogen (secondary N) is 2. The SMILES string of the molecule is CC(Cc1c[nH]c2ccccc12)NCCCc1ccc(F)cc1. The van der Waals surface area contributed by atoms with Gasteiger partial charge in [-0.25, -0.2) is 4.39 Å². The lowest BCUT2D eigenvalue weighted by Crippen LogP contribution is -2.29. The maximum absolute atomic E-state index is 12.9. The van der Waals surface area contributed by atoms with Crippen LogP contribution in [0.15, 0.2) is 54.7 Å². The van der Waals surface area contributed by atoms with Gasteiger partial charge in [-0.15, -0.1) is 0 Å². The molecule has 0 saturated heterocycles. The maximum Gasteiger partial charge on any atom is 0.123 e. The summed E-state index contributed by atoms with van der Waals surface area (Å²) in [5.74, 6) is -0.167. The van der Waals surface area contributed by atoms with Crippen molar-refractivity contribution in [3.63, 3.8) is 0 Å². The van der Waals surface area contributed by atoms with Crippen LogP contribution >= 0.6 is 0 Å². The van der Waals surface area contributed by atoms with Crippen LogP contribution in [0.5, 0.6) is 0 Å². The first-order valence-corrected chi connectivity index (χ1v) is 8.25. The van der Waals surface area contributed by atoms with Crippen LogP contribution in [0.2, 0.25) is 0 Å². The van der Waals surface area contributed by atoms with Gasteiger partial charge >= 0.3 is 0 Å². The van der Waals surface area contributed by atoms with Crippen LogP contribution in [0.1, 0.15) is 24.5 Å². The molecule has 0 fully saturated rings. The molecule has 0 spiro atoms. The molecule has 3 aromatic rings. The molecule has 0 saturated carbocycles. The number of aryl methyl sites for hydroxylation is 1. The van der Waals surface area contributed by atoms with Crippen LogP contribution in [0, 0.1) is 5.82 Å². The van der Waals surface area contributed by atoms with E-state index in [4.69, 9.17) is 0 Å². The molecule has 1 aromatic heterocycles. The van der Waals surface area contributed by atoms with E-state index in [1.165, 1.54) is 34.2 Å². The second kappa shape index (κ2) is 7.42. The third-order valence-corrected chi connectivity index (χ3v) is 4.25. The highest BCUT2D eigenvalue weighted by Crippen LogP contribution is 2.19. The summed E-state index contributed by atoms with van der Waals surface area (Å²) in [7, 11) is 0. The van der Waals surface area contributed by atoms with Gasteiger partial charge in [-0.05, 0) is 62.1 Å². The van der Waals surface area contributed by atoms with Crippen molar-refractivity contribution >= 4 is 10.9 Å². The smallest absolute Gasteiger partial charge is 0.123 e. The number of fused-ring (bicyclic) bond motifs is 1. The fourth-order valence-electron chi connectivity index (χ4n) is 2.99. The van der Waals surface area contributed by atoms with E-state index in [9.17, 15) is 4.39 Å². The lowest BCUT2D eigenvalue weighted by Gasteiger charge is -2.13. The third-order valence-electron chi connectivity index (χ3n) is 4.25. The largest absolute Gasteiger partial charge is 0.361 e. The van der Waals surface area contributed by atoms with E-state index >= 15 is 0 Å². The molecule has 0 aliphatic carbocycles. The molecule has 0 aliphatic rings. The lowest BCUT2D eigenvalue weighted by molar-refractivity contribution is 0.535. The minimum absolute atomic E-state index is 0.167. The Morgan fingerprint density at radius 3 is 2.70 bits per heavy atom. The summed E-state index contributed by atoms with van der Waals surface area (Å²) in [4.78, 5) is 3.33. The normalized spacial score (nSPS) is 12.6. The number of aromatic nitrogens is 1. The van der Waals surface area contributed by atoms with Crippen molar-refractivity contribution < 1.29 is 4.39 Å². The van der Waals surface area contributed by atoms with Gasteiger partial charge in [0.05, 0.1) is 0 Å². The summed E-state index contributed by atoms with van der Waals surface area (Å²) in [6.07, 6.45) is 5.17. The van der Waals surface area contributed by atoms with Crippen LogP contribution in [0.25, 0.3) is 10.9 Å². The third kappa shape index (κ3) is 4.20.